The number of aryl methyl sites for hydroxylation is 1. The summed E-state index contributed by atoms with van der Waals surface area (Å²) in [6.07, 6.45) is 1.25. The van der Waals surface area contributed by atoms with Crippen LogP contribution in [0.1, 0.15) is 10.5 Å². The Hall–Kier alpha value is -0.890. The highest BCUT2D eigenvalue weighted by molar-refractivity contribution is 9.10. The van der Waals surface area contributed by atoms with E-state index in [9.17, 15) is 9.90 Å². The van der Waals surface area contributed by atoms with Crippen LogP contribution in [0.15, 0.2) is 16.7 Å². The zero-order valence-electron chi connectivity index (χ0n) is 11.5. The first-order valence-electron chi connectivity index (χ1n) is 6.64. The molecule has 0 aromatic carbocycles. The smallest absolute Gasteiger partial charge is 0.268 e. The molecule has 2 rings (SSSR count). The summed E-state index contributed by atoms with van der Waals surface area (Å²) < 4.78 is 7.86. The molecule has 2 N–H and O–H groups in total. The Bertz CT molecular complexity index is 458. The van der Waals surface area contributed by atoms with Gasteiger partial charge in [-0.2, -0.15) is 0 Å². The zero-order valence-corrected chi connectivity index (χ0v) is 13.1. The van der Waals surface area contributed by atoms with Crippen molar-refractivity contribution in [3.05, 3.63) is 22.4 Å². The Morgan fingerprint density at radius 1 is 1.55 bits per heavy atom. The van der Waals surface area contributed by atoms with E-state index in [1.807, 2.05) is 13.2 Å². The van der Waals surface area contributed by atoms with Gasteiger partial charge < -0.3 is 19.7 Å². The molecule has 112 valence electrons. The number of β-amino-alcohol motifs (C(OH)–C–C–N with tert-alkyl or cyclic N) is 1. The molecule has 1 amide bonds. The van der Waals surface area contributed by atoms with Crippen molar-refractivity contribution in [3.63, 3.8) is 0 Å². The number of carbonyl (C=O) groups is 1. The molecule has 6 nitrogen and oxygen atoms in total. The Morgan fingerprint density at radius 2 is 2.25 bits per heavy atom. The van der Waals surface area contributed by atoms with Gasteiger partial charge in [0.15, 0.2) is 0 Å². The minimum absolute atomic E-state index is 0.181. The summed E-state index contributed by atoms with van der Waals surface area (Å²) in [7, 11) is 1.81. The highest BCUT2D eigenvalue weighted by Gasteiger charge is 2.16. The first-order valence-corrected chi connectivity index (χ1v) is 7.44. The number of ether oxygens (including phenoxy) is 1. The fourth-order valence-corrected chi connectivity index (χ4v) is 2.72. The van der Waals surface area contributed by atoms with Crippen molar-refractivity contribution in [2.45, 2.75) is 6.10 Å². The lowest BCUT2D eigenvalue weighted by Gasteiger charge is -2.28. The van der Waals surface area contributed by atoms with Crippen LogP contribution in [0, 0.1) is 0 Å². The fraction of sp³-hybridized carbons (Fsp3) is 0.615. The van der Waals surface area contributed by atoms with Crippen molar-refractivity contribution in [3.8, 4) is 0 Å². The monoisotopic (exact) mass is 345 g/mol. The fourth-order valence-electron chi connectivity index (χ4n) is 2.20. The van der Waals surface area contributed by atoms with Gasteiger partial charge >= 0.3 is 0 Å². The average Bonchev–Trinajstić information content (AvgIpc) is 2.76. The highest BCUT2D eigenvalue weighted by Crippen LogP contribution is 2.13. The number of aromatic nitrogens is 1. The number of nitrogens with one attached hydrogen (secondary N) is 1. The van der Waals surface area contributed by atoms with E-state index in [1.54, 1.807) is 10.6 Å². The third-order valence-electron chi connectivity index (χ3n) is 3.28. The Morgan fingerprint density at radius 3 is 2.85 bits per heavy atom. The van der Waals surface area contributed by atoms with E-state index in [0.717, 1.165) is 17.6 Å². The first-order chi connectivity index (χ1) is 9.56. The van der Waals surface area contributed by atoms with Gasteiger partial charge in [0, 0.05) is 43.9 Å². The summed E-state index contributed by atoms with van der Waals surface area (Å²) in [5.74, 6) is -0.181. The predicted octanol–water partition coefficient (Wildman–Crippen LogP) is 0.210. The third-order valence-corrected chi connectivity index (χ3v) is 3.71. The van der Waals surface area contributed by atoms with Gasteiger partial charge in [0.05, 0.1) is 19.3 Å². The number of amides is 1. The Balaban J connectivity index is 1.76. The molecule has 1 aliphatic rings. The molecule has 2 heterocycles. The van der Waals surface area contributed by atoms with Crippen molar-refractivity contribution in [1.82, 2.24) is 14.8 Å². The average molecular weight is 346 g/mol. The van der Waals surface area contributed by atoms with E-state index in [0.29, 0.717) is 25.5 Å². The summed E-state index contributed by atoms with van der Waals surface area (Å²) in [5.41, 5.74) is 0.565. The van der Waals surface area contributed by atoms with Crippen molar-refractivity contribution in [2.75, 3.05) is 39.4 Å². The standard InChI is InChI=1S/C13H20BrN3O3/c1-16-8-10(14)6-12(16)13(19)15-7-11(18)9-17-2-4-20-5-3-17/h6,8,11,18H,2-5,7,9H2,1H3,(H,15,19). The van der Waals surface area contributed by atoms with E-state index in [1.165, 1.54) is 0 Å². The van der Waals surface area contributed by atoms with Crippen molar-refractivity contribution in [1.29, 1.82) is 0 Å². The SMILES string of the molecule is Cn1cc(Br)cc1C(=O)NCC(O)CN1CCOCC1. The highest BCUT2D eigenvalue weighted by atomic mass is 79.9. The lowest BCUT2D eigenvalue weighted by Crippen LogP contribution is -2.44. The predicted molar refractivity (Wildman–Crippen MR) is 78.7 cm³/mol. The van der Waals surface area contributed by atoms with Gasteiger partial charge in [0.25, 0.3) is 5.91 Å². The van der Waals surface area contributed by atoms with Crippen LogP contribution < -0.4 is 5.32 Å². The number of morpholine rings is 1. The lowest BCUT2D eigenvalue weighted by molar-refractivity contribution is 0.0149. The molecule has 1 fully saturated rings. The second kappa shape index (κ2) is 7.21. The van der Waals surface area contributed by atoms with Gasteiger partial charge in [-0.1, -0.05) is 0 Å². The number of aliphatic hydroxyl groups is 1. The number of aliphatic hydroxyl groups excluding tert-OH is 1. The van der Waals surface area contributed by atoms with E-state index in [-0.39, 0.29) is 12.5 Å². The van der Waals surface area contributed by atoms with Crippen molar-refractivity contribution >= 4 is 21.8 Å². The van der Waals surface area contributed by atoms with Crippen LogP contribution in [0.25, 0.3) is 0 Å². The van der Waals surface area contributed by atoms with Crippen LogP contribution in [0.2, 0.25) is 0 Å². The van der Waals surface area contributed by atoms with Crippen LogP contribution in [0.5, 0.6) is 0 Å². The lowest BCUT2D eigenvalue weighted by atomic mass is 10.3. The normalized spacial score (nSPS) is 17.9. The van der Waals surface area contributed by atoms with Crippen LogP contribution in [0.3, 0.4) is 0 Å². The Labute approximate surface area is 126 Å². The van der Waals surface area contributed by atoms with E-state index >= 15 is 0 Å². The summed E-state index contributed by atoms with van der Waals surface area (Å²) in [6.45, 7) is 3.87. The number of hydrogen-bond acceptors (Lipinski definition) is 4. The molecule has 0 aliphatic carbocycles. The van der Waals surface area contributed by atoms with Crippen LogP contribution in [-0.2, 0) is 11.8 Å². The van der Waals surface area contributed by atoms with Gasteiger partial charge in [-0.25, -0.2) is 0 Å². The molecule has 1 unspecified atom stereocenters. The van der Waals surface area contributed by atoms with E-state index in [2.05, 4.69) is 26.1 Å². The maximum absolute atomic E-state index is 12.0. The number of nitrogens with zero attached hydrogens (tertiary/aromatic N) is 2. The molecule has 1 saturated heterocycles. The molecular weight excluding hydrogens is 326 g/mol. The molecule has 1 aromatic rings. The van der Waals surface area contributed by atoms with Crippen molar-refractivity contribution in [2.24, 2.45) is 7.05 Å². The maximum Gasteiger partial charge on any atom is 0.268 e. The van der Waals surface area contributed by atoms with Gasteiger partial charge in [0.1, 0.15) is 5.69 Å². The summed E-state index contributed by atoms with van der Waals surface area (Å²) >= 11 is 3.33. The molecule has 1 atom stereocenters. The van der Waals surface area contributed by atoms with Crippen molar-refractivity contribution < 1.29 is 14.6 Å². The van der Waals surface area contributed by atoms with E-state index in [4.69, 9.17) is 4.74 Å². The van der Waals surface area contributed by atoms with E-state index < -0.39 is 6.10 Å². The summed E-state index contributed by atoms with van der Waals surface area (Å²) in [4.78, 5) is 14.1. The first kappa shape index (κ1) is 15.5. The largest absolute Gasteiger partial charge is 0.390 e. The zero-order chi connectivity index (χ0) is 14.5. The molecule has 7 heteroatoms. The number of halogens is 1. The molecule has 0 spiro atoms. The van der Waals surface area contributed by atoms with Gasteiger partial charge in [-0.05, 0) is 22.0 Å². The molecule has 0 saturated carbocycles. The second-order valence-electron chi connectivity index (χ2n) is 4.93. The maximum atomic E-state index is 12.0. The third kappa shape index (κ3) is 4.31. The number of hydrogen-bond donors (Lipinski definition) is 2. The van der Waals surface area contributed by atoms with Gasteiger partial charge in [0.2, 0.25) is 0 Å². The van der Waals surface area contributed by atoms with Gasteiger partial charge in [-0.15, -0.1) is 0 Å². The minimum atomic E-state index is -0.569. The second-order valence-corrected chi connectivity index (χ2v) is 5.85. The molecule has 20 heavy (non-hydrogen) atoms. The molecule has 1 aliphatic heterocycles. The van der Waals surface area contributed by atoms with Crippen LogP contribution >= 0.6 is 15.9 Å². The number of rotatable bonds is 5. The van der Waals surface area contributed by atoms with Gasteiger partial charge in [-0.3, -0.25) is 9.69 Å². The summed E-state index contributed by atoms with van der Waals surface area (Å²) in [5, 5.41) is 12.7. The Kier molecular flexibility index (Phi) is 5.59. The number of carbonyl (C=O) groups excluding carboxylic acids is 1. The summed E-state index contributed by atoms with van der Waals surface area (Å²) in [6, 6.07) is 1.75. The minimum Gasteiger partial charge on any atom is -0.390 e. The van der Waals surface area contributed by atoms with Crippen LogP contribution in [0.4, 0.5) is 0 Å². The molecule has 0 bridgehead atoms. The molecule has 0 radical (unpaired) electrons. The molecule has 1 aromatic heterocycles. The molecular formula is C13H20BrN3O3. The van der Waals surface area contributed by atoms with Crippen LogP contribution in [-0.4, -0.2) is 66.0 Å². The topological polar surface area (TPSA) is 66.7 Å². The quantitative estimate of drug-likeness (QED) is 0.800.